The number of rotatable bonds is 7. The summed E-state index contributed by atoms with van der Waals surface area (Å²) in [6.45, 7) is 0.350. The quantitative estimate of drug-likeness (QED) is 0.651. The smallest absolute Gasteiger partial charge is 0.256 e. The molecule has 2 aromatic carbocycles. The van der Waals surface area contributed by atoms with Crippen LogP contribution < -0.4 is 19.5 Å². The standard InChI is InChI=1S/C22H22N2O5/c1-26-18-11-14(12-19(27-2)20(18)28-3)23-21-16-8-4-5-9-17(16)22(25)24(21)13-15-7-6-10-29-15/h4-12,21,23H,13H2,1-3H3/t21-/m0/s1. The van der Waals surface area contributed by atoms with Crippen molar-refractivity contribution in [2.24, 2.45) is 0 Å². The molecule has 0 aliphatic carbocycles. The summed E-state index contributed by atoms with van der Waals surface area (Å²) in [5.41, 5.74) is 2.31. The molecule has 7 heteroatoms. The van der Waals surface area contributed by atoms with Crippen LogP contribution in [0.25, 0.3) is 0 Å². The number of nitrogens with zero attached hydrogens (tertiary/aromatic N) is 1. The van der Waals surface area contributed by atoms with Crippen molar-refractivity contribution in [2.75, 3.05) is 26.6 Å². The molecule has 0 saturated carbocycles. The van der Waals surface area contributed by atoms with E-state index in [1.807, 2.05) is 48.5 Å². The maximum absolute atomic E-state index is 13.0. The van der Waals surface area contributed by atoms with E-state index >= 15 is 0 Å². The highest BCUT2D eigenvalue weighted by atomic mass is 16.5. The summed E-state index contributed by atoms with van der Waals surface area (Å²) < 4.78 is 21.8. The van der Waals surface area contributed by atoms with E-state index in [1.54, 1.807) is 32.5 Å². The van der Waals surface area contributed by atoms with Crippen molar-refractivity contribution < 1.29 is 23.4 Å². The summed E-state index contributed by atoms with van der Waals surface area (Å²) in [5, 5.41) is 3.44. The number of benzene rings is 2. The van der Waals surface area contributed by atoms with Crippen LogP contribution in [0.3, 0.4) is 0 Å². The van der Waals surface area contributed by atoms with Crippen LogP contribution in [0.15, 0.2) is 59.2 Å². The van der Waals surface area contributed by atoms with Gasteiger partial charge in [0.1, 0.15) is 11.9 Å². The average Bonchev–Trinajstić information content (AvgIpc) is 3.36. The zero-order valence-corrected chi connectivity index (χ0v) is 16.5. The molecular weight excluding hydrogens is 372 g/mol. The predicted molar refractivity (Wildman–Crippen MR) is 107 cm³/mol. The lowest BCUT2D eigenvalue weighted by molar-refractivity contribution is 0.0715. The molecule has 1 N–H and O–H groups in total. The normalized spacial score (nSPS) is 15.2. The Morgan fingerprint density at radius 2 is 1.72 bits per heavy atom. The predicted octanol–water partition coefficient (Wildman–Crippen LogP) is 4.07. The van der Waals surface area contributed by atoms with Gasteiger partial charge in [-0.05, 0) is 18.2 Å². The number of amides is 1. The number of hydrogen-bond donors (Lipinski definition) is 1. The number of fused-ring (bicyclic) bond motifs is 1. The SMILES string of the molecule is COc1cc(N[C@@H]2c3ccccc3C(=O)N2Cc2ccco2)cc(OC)c1OC. The molecule has 0 radical (unpaired) electrons. The molecule has 0 fully saturated rings. The van der Waals surface area contributed by atoms with Crippen LogP contribution in [-0.4, -0.2) is 32.1 Å². The van der Waals surface area contributed by atoms with Gasteiger partial charge in [-0.3, -0.25) is 4.79 Å². The Bertz CT molecular complexity index is 991. The minimum absolute atomic E-state index is 0.0538. The van der Waals surface area contributed by atoms with Gasteiger partial charge in [0.15, 0.2) is 11.5 Å². The summed E-state index contributed by atoms with van der Waals surface area (Å²) in [6.07, 6.45) is 1.23. The molecule has 150 valence electrons. The molecule has 0 saturated heterocycles. The number of hydrogen-bond acceptors (Lipinski definition) is 6. The fraction of sp³-hybridized carbons (Fsp3) is 0.227. The third-order valence-corrected chi connectivity index (χ3v) is 4.93. The molecular formula is C22H22N2O5. The van der Waals surface area contributed by atoms with E-state index in [4.69, 9.17) is 18.6 Å². The molecule has 1 amide bonds. The molecule has 0 bridgehead atoms. The topological polar surface area (TPSA) is 73.2 Å². The van der Waals surface area contributed by atoms with Crippen LogP contribution in [-0.2, 0) is 6.54 Å². The van der Waals surface area contributed by atoms with Crippen molar-refractivity contribution >= 4 is 11.6 Å². The van der Waals surface area contributed by atoms with Crippen LogP contribution in [0.4, 0.5) is 5.69 Å². The number of methoxy groups -OCH3 is 3. The first-order valence-electron chi connectivity index (χ1n) is 9.15. The van der Waals surface area contributed by atoms with E-state index in [0.717, 1.165) is 11.3 Å². The Kier molecular flexibility index (Phi) is 5.03. The second kappa shape index (κ2) is 7.79. The highest BCUT2D eigenvalue weighted by Gasteiger charge is 2.37. The van der Waals surface area contributed by atoms with Crippen LogP contribution >= 0.6 is 0 Å². The zero-order valence-electron chi connectivity index (χ0n) is 16.5. The van der Waals surface area contributed by atoms with Gasteiger partial charge in [-0.15, -0.1) is 0 Å². The van der Waals surface area contributed by atoms with Gasteiger partial charge in [0.2, 0.25) is 5.75 Å². The van der Waals surface area contributed by atoms with Gasteiger partial charge in [-0.1, -0.05) is 18.2 Å². The lowest BCUT2D eigenvalue weighted by Gasteiger charge is -2.27. The Morgan fingerprint density at radius 1 is 1.00 bits per heavy atom. The van der Waals surface area contributed by atoms with Crippen molar-refractivity contribution in [3.05, 3.63) is 71.7 Å². The maximum atomic E-state index is 13.0. The molecule has 0 spiro atoms. The van der Waals surface area contributed by atoms with Crippen LogP contribution in [0.2, 0.25) is 0 Å². The molecule has 4 rings (SSSR count). The summed E-state index contributed by atoms with van der Waals surface area (Å²) in [7, 11) is 4.70. The van der Waals surface area contributed by atoms with Crippen molar-refractivity contribution in [3.8, 4) is 17.2 Å². The Labute approximate surface area is 168 Å². The summed E-state index contributed by atoms with van der Waals surface area (Å²) in [5.74, 6) is 2.23. The van der Waals surface area contributed by atoms with Gasteiger partial charge in [0.25, 0.3) is 5.91 Å². The second-order valence-electron chi connectivity index (χ2n) is 6.56. The first kappa shape index (κ1) is 18.7. The van der Waals surface area contributed by atoms with Crippen molar-refractivity contribution in [1.29, 1.82) is 0 Å². The van der Waals surface area contributed by atoms with Crippen LogP contribution in [0.5, 0.6) is 17.2 Å². The molecule has 1 aliphatic heterocycles. The molecule has 7 nitrogen and oxygen atoms in total. The largest absolute Gasteiger partial charge is 0.493 e. The summed E-state index contributed by atoms with van der Waals surface area (Å²) in [4.78, 5) is 14.8. The van der Waals surface area contributed by atoms with Crippen LogP contribution in [0, 0.1) is 0 Å². The van der Waals surface area contributed by atoms with Crippen LogP contribution in [0.1, 0.15) is 27.8 Å². The maximum Gasteiger partial charge on any atom is 0.256 e. The van der Waals surface area contributed by atoms with E-state index in [0.29, 0.717) is 35.1 Å². The van der Waals surface area contributed by atoms with Gasteiger partial charge < -0.3 is 28.8 Å². The van der Waals surface area contributed by atoms with Crippen molar-refractivity contribution in [2.45, 2.75) is 12.7 Å². The molecule has 1 aromatic heterocycles. The monoisotopic (exact) mass is 394 g/mol. The molecule has 1 aliphatic rings. The molecule has 2 heterocycles. The zero-order chi connectivity index (χ0) is 20.4. The molecule has 0 unspecified atom stereocenters. The van der Waals surface area contributed by atoms with Gasteiger partial charge in [0.05, 0.1) is 34.1 Å². The number of furan rings is 1. The number of anilines is 1. The van der Waals surface area contributed by atoms with E-state index in [9.17, 15) is 4.79 Å². The minimum atomic E-state index is -0.369. The third kappa shape index (κ3) is 3.35. The van der Waals surface area contributed by atoms with E-state index in [1.165, 1.54) is 0 Å². The van der Waals surface area contributed by atoms with Crippen molar-refractivity contribution in [3.63, 3.8) is 0 Å². The van der Waals surface area contributed by atoms with E-state index in [2.05, 4.69) is 5.32 Å². The second-order valence-corrected chi connectivity index (χ2v) is 6.56. The van der Waals surface area contributed by atoms with Gasteiger partial charge in [-0.25, -0.2) is 0 Å². The number of carbonyl (C=O) groups excluding carboxylic acids is 1. The van der Waals surface area contributed by atoms with E-state index < -0.39 is 0 Å². The highest BCUT2D eigenvalue weighted by Crippen LogP contribution is 2.42. The molecule has 1 atom stereocenters. The first-order valence-corrected chi connectivity index (χ1v) is 9.15. The fourth-order valence-corrected chi connectivity index (χ4v) is 3.58. The van der Waals surface area contributed by atoms with Gasteiger partial charge in [-0.2, -0.15) is 0 Å². The van der Waals surface area contributed by atoms with Crippen molar-refractivity contribution in [1.82, 2.24) is 4.90 Å². The third-order valence-electron chi connectivity index (χ3n) is 4.93. The molecule has 29 heavy (non-hydrogen) atoms. The Balaban J connectivity index is 1.72. The highest BCUT2D eigenvalue weighted by molar-refractivity contribution is 5.99. The minimum Gasteiger partial charge on any atom is -0.493 e. The number of carbonyl (C=O) groups is 1. The fourth-order valence-electron chi connectivity index (χ4n) is 3.58. The number of nitrogens with one attached hydrogen (secondary N) is 1. The average molecular weight is 394 g/mol. The summed E-state index contributed by atoms with van der Waals surface area (Å²) in [6, 6.07) is 14.9. The van der Waals surface area contributed by atoms with Gasteiger partial charge >= 0.3 is 0 Å². The Hall–Kier alpha value is -3.61. The summed E-state index contributed by atoms with van der Waals surface area (Å²) >= 11 is 0. The lowest BCUT2D eigenvalue weighted by Crippen LogP contribution is -2.31. The first-order chi connectivity index (χ1) is 14.2. The lowest BCUT2D eigenvalue weighted by atomic mass is 10.1. The number of ether oxygens (including phenoxy) is 3. The molecule has 3 aromatic rings. The van der Waals surface area contributed by atoms with E-state index in [-0.39, 0.29) is 12.1 Å². The Morgan fingerprint density at radius 3 is 2.34 bits per heavy atom. The van der Waals surface area contributed by atoms with Gasteiger partial charge in [0, 0.05) is 28.9 Å².